The van der Waals surface area contributed by atoms with Crippen molar-refractivity contribution >= 4 is 17.4 Å². The van der Waals surface area contributed by atoms with Crippen LogP contribution in [0.3, 0.4) is 0 Å². The van der Waals surface area contributed by atoms with Gasteiger partial charge < -0.3 is 15.4 Å². The lowest BCUT2D eigenvalue weighted by Crippen LogP contribution is -2.21. The van der Waals surface area contributed by atoms with E-state index in [2.05, 4.69) is 15.7 Å². The number of ether oxygens (including phenoxy) is 1. The summed E-state index contributed by atoms with van der Waals surface area (Å²) in [6, 6.07) is 5.80. The lowest BCUT2D eigenvalue weighted by atomic mass is 10.1. The van der Waals surface area contributed by atoms with E-state index in [0.29, 0.717) is 11.7 Å². The molecule has 7 heteroatoms. The molecule has 1 saturated heterocycles. The van der Waals surface area contributed by atoms with Crippen LogP contribution in [0.1, 0.15) is 18.9 Å². The van der Waals surface area contributed by atoms with Gasteiger partial charge in [-0.05, 0) is 25.0 Å². The van der Waals surface area contributed by atoms with E-state index in [-0.39, 0.29) is 5.69 Å². The number of rotatable bonds is 3. The number of carbonyl (C=O) groups excluding carboxylic acids is 1. The molecule has 2 heterocycles. The number of nitrogens with one attached hydrogen (secondary N) is 2. The maximum atomic E-state index is 13.5. The number of carbonyl (C=O) groups is 1. The van der Waals surface area contributed by atoms with E-state index in [1.165, 1.54) is 12.1 Å². The van der Waals surface area contributed by atoms with Crippen molar-refractivity contribution in [1.29, 1.82) is 0 Å². The van der Waals surface area contributed by atoms with Crippen LogP contribution in [0.5, 0.6) is 0 Å². The summed E-state index contributed by atoms with van der Waals surface area (Å²) in [6.45, 7) is 1.45. The Kier molecular flexibility index (Phi) is 4.34. The third-order valence-electron chi connectivity index (χ3n) is 3.55. The van der Waals surface area contributed by atoms with Gasteiger partial charge in [0.1, 0.15) is 5.82 Å². The van der Waals surface area contributed by atoms with E-state index in [1.807, 2.05) is 4.68 Å². The second-order valence-corrected chi connectivity index (χ2v) is 5.11. The van der Waals surface area contributed by atoms with Crippen LogP contribution in [0, 0.1) is 5.82 Å². The van der Waals surface area contributed by atoms with Gasteiger partial charge in [-0.1, -0.05) is 12.1 Å². The summed E-state index contributed by atoms with van der Waals surface area (Å²) >= 11 is 0. The number of nitrogens with zero attached hydrogens (tertiary/aromatic N) is 2. The molecule has 0 spiro atoms. The highest BCUT2D eigenvalue weighted by Crippen LogP contribution is 2.21. The van der Waals surface area contributed by atoms with Gasteiger partial charge in [0, 0.05) is 19.4 Å². The largest absolute Gasteiger partial charge is 0.381 e. The molecule has 116 valence electrons. The van der Waals surface area contributed by atoms with Crippen LogP contribution >= 0.6 is 0 Å². The summed E-state index contributed by atoms with van der Waals surface area (Å²) in [7, 11) is 0. The lowest BCUT2D eigenvalue weighted by Gasteiger charge is -2.22. The second kappa shape index (κ2) is 6.57. The van der Waals surface area contributed by atoms with Gasteiger partial charge in [-0.3, -0.25) is 4.68 Å². The molecule has 0 bridgehead atoms. The summed E-state index contributed by atoms with van der Waals surface area (Å²) in [5, 5.41) is 9.37. The molecule has 1 aliphatic rings. The van der Waals surface area contributed by atoms with Crippen molar-refractivity contribution in [2.45, 2.75) is 18.9 Å². The van der Waals surface area contributed by atoms with E-state index in [1.54, 1.807) is 24.5 Å². The Hall–Kier alpha value is -2.41. The quantitative estimate of drug-likeness (QED) is 0.916. The molecule has 1 aromatic carbocycles. The van der Waals surface area contributed by atoms with E-state index in [9.17, 15) is 9.18 Å². The van der Waals surface area contributed by atoms with Crippen molar-refractivity contribution in [3.8, 4) is 0 Å². The van der Waals surface area contributed by atoms with Gasteiger partial charge in [0.15, 0.2) is 0 Å². The molecule has 3 rings (SSSR count). The number of para-hydroxylation sites is 1. The summed E-state index contributed by atoms with van der Waals surface area (Å²) in [4.78, 5) is 11.9. The minimum atomic E-state index is -0.503. The number of halogens is 1. The summed E-state index contributed by atoms with van der Waals surface area (Å²) in [5.41, 5.74) is 0.706. The van der Waals surface area contributed by atoms with Crippen molar-refractivity contribution < 1.29 is 13.9 Å². The Morgan fingerprint density at radius 2 is 2.05 bits per heavy atom. The highest BCUT2D eigenvalue weighted by atomic mass is 19.1. The first-order valence-electron chi connectivity index (χ1n) is 7.17. The number of hydrogen-bond acceptors (Lipinski definition) is 3. The van der Waals surface area contributed by atoms with Gasteiger partial charge in [0.05, 0.1) is 23.6 Å². The van der Waals surface area contributed by atoms with Gasteiger partial charge in [-0.2, -0.15) is 5.10 Å². The van der Waals surface area contributed by atoms with E-state index in [0.717, 1.165) is 26.1 Å². The maximum Gasteiger partial charge on any atom is 0.323 e. The molecule has 0 radical (unpaired) electrons. The van der Waals surface area contributed by atoms with E-state index in [4.69, 9.17) is 4.74 Å². The first-order valence-corrected chi connectivity index (χ1v) is 7.17. The van der Waals surface area contributed by atoms with Crippen LogP contribution < -0.4 is 10.6 Å². The van der Waals surface area contributed by atoms with Crippen LogP contribution in [0.4, 0.5) is 20.6 Å². The number of benzene rings is 1. The summed E-state index contributed by atoms with van der Waals surface area (Å²) in [5.74, 6) is -0.476. The fraction of sp³-hybridized carbons (Fsp3) is 0.333. The molecule has 2 amide bonds. The van der Waals surface area contributed by atoms with Crippen molar-refractivity contribution in [3.63, 3.8) is 0 Å². The molecule has 0 atom stereocenters. The molecule has 1 fully saturated rings. The fourth-order valence-corrected chi connectivity index (χ4v) is 2.40. The predicted molar refractivity (Wildman–Crippen MR) is 80.4 cm³/mol. The van der Waals surface area contributed by atoms with Crippen molar-refractivity contribution in [1.82, 2.24) is 9.78 Å². The number of amides is 2. The summed E-state index contributed by atoms with van der Waals surface area (Å²) < 4.78 is 20.6. The highest BCUT2D eigenvalue weighted by Gasteiger charge is 2.17. The molecule has 22 heavy (non-hydrogen) atoms. The number of hydrogen-bond donors (Lipinski definition) is 2. The smallest absolute Gasteiger partial charge is 0.323 e. The predicted octanol–water partition coefficient (Wildman–Crippen LogP) is 3.02. The molecular formula is C15H17FN4O2. The zero-order chi connectivity index (χ0) is 15.4. The van der Waals surface area contributed by atoms with Gasteiger partial charge >= 0.3 is 6.03 Å². The van der Waals surface area contributed by atoms with Gasteiger partial charge in [-0.25, -0.2) is 9.18 Å². The molecule has 0 unspecified atom stereocenters. The van der Waals surface area contributed by atoms with Crippen LogP contribution in [0.25, 0.3) is 0 Å². The monoisotopic (exact) mass is 304 g/mol. The molecule has 0 saturated carbocycles. The molecular weight excluding hydrogens is 287 g/mol. The maximum absolute atomic E-state index is 13.5. The Labute approximate surface area is 127 Å². The van der Waals surface area contributed by atoms with Crippen LogP contribution in [0.15, 0.2) is 36.7 Å². The Morgan fingerprint density at radius 3 is 2.82 bits per heavy atom. The lowest BCUT2D eigenvalue weighted by molar-refractivity contribution is 0.0662. The third-order valence-corrected chi connectivity index (χ3v) is 3.55. The average Bonchev–Trinajstić information content (AvgIpc) is 2.99. The van der Waals surface area contributed by atoms with Crippen molar-refractivity contribution in [2.24, 2.45) is 0 Å². The zero-order valence-electron chi connectivity index (χ0n) is 12.0. The zero-order valence-corrected chi connectivity index (χ0v) is 12.0. The normalized spacial score (nSPS) is 15.5. The minimum absolute atomic E-state index is 0.136. The van der Waals surface area contributed by atoms with Gasteiger partial charge in [0.25, 0.3) is 0 Å². The third kappa shape index (κ3) is 3.43. The first-order chi connectivity index (χ1) is 10.7. The number of urea groups is 1. The number of anilines is 2. The topological polar surface area (TPSA) is 68.2 Å². The van der Waals surface area contributed by atoms with Crippen molar-refractivity contribution in [2.75, 3.05) is 23.8 Å². The first kappa shape index (κ1) is 14.5. The van der Waals surface area contributed by atoms with Crippen LogP contribution in [-0.2, 0) is 4.74 Å². The molecule has 2 aromatic rings. The summed E-state index contributed by atoms with van der Waals surface area (Å²) in [6.07, 6.45) is 5.17. The van der Waals surface area contributed by atoms with E-state index >= 15 is 0 Å². The average molecular weight is 304 g/mol. The standard InChI is InChI=1S/C15H17FN4O2/c16-13-3-1-2-4-14(13)19-15(21)18-11-9-17-20(10-11)12-5-7-22-8-6-12/h1-4,9-10,12H,5-8H2,(H2,18,19,21). The van der Waals surface area contributed by atoms with Gasteiger partial charge in [0.2, 0.25) is 0 Å². The molecule has 0 aliphatic carbocycles. The second-order valence-electron chi connectivity index (χ2n) is 5.11. The van der Waals surface area contributed by atoms with E-state index < -0.39 is 11.8 Å². The van der Waals surface area contributed by atoms with Crippen molar-refractivity contribution in [3.05, 3.63) is 42.5 Å². The Balaban J connectivity index is 1.60. The molecule has 2 N–H and O–H groups in total. The Bertz CT molecular complexity index is 652. The number of aromatic nitrogens is 2. The molecule has 1 aliphatic heterocycles. The molecule has 6 nitrogen and oxygen atoms in total. The Morgan fingerprint density at radius 1 is 1.27 bits per heavy atom. The molecule has 1 aromatic heterocycles. The minimum Gasteiger partial charge on any atom is -0.381 e. The van der Waals surface area contributed by atoms with Crippen LogP contribution in [0.2, 0.25) is 0 Å². The van der Waals surface area contributed by atoms with Gasteiger partial charge in [-0.15, -0.1) is 0 Å². The fourth-order valence-electron chi connectivity index (χ4n) is 2.40. The SMILES string of the molecule is O=C(Nc1cnn(C2CCOCC2)c1)Nc1ccccc1F. The highest BCUT2D eigenvalue weighted by molar-refractivity contribution is 5.99. The van der Waals surface area contributed by atoms with Crippen LogP contribution in [-0.4, -0.2) is 29.0 Å².